The average molecular weight is 235 g/mol. The van der Waals surface area contributed by atoms with Crippen LogP contribution in [0.4, 0.5) is 8.78 Å². The van der Waals surface area contributed by atoms with Crippen molar-refractivity contribution < 1.29 is 18.7 Å². The summed E-state index contributed by atoms with van der Waals surface area (Å²) >= 11 is 0. The topological polar surface area (TPSA) is 50.2 Å². The first-order valence-electron chi connectivity index (χ1n) is 4.72. The van der Waals surface area contributed by atoms with Crippen LogP contribution in [0.1, 0.15) is 10.4 Å². The first-order valence-corrected chi connectivity index (χ1v) is 4.72. The lowest BCUT2D eigenvalue weighted by atomic mass is 10.1. The molecule has 0 unspecified atom stereocenters. The van der Waals surface area contributed by atoms with Gasteiger partial charge in [-0.1, -0.05) is 0 Å². The van der Waals surface area contributed by atoms with Gasteiger partial charge in [0.25, 0.3) is 0 Å². The maximum absolute atomic E-state index is 13.0. The lowest BCUT2D eigenvalue weighted by Crippen LogP contribution is -2.01. The van der Waals surface area contributed by atoms with Crippen LogP contribution in [0.25, 0.3) is 11.3 Å². The molecule has 5 heteroatoms. The summed E-state index contributed by atoms with van der Waals surface area (Å²) < 4.78 is 26.1. The minimum absolute atomic E-state index is 0.0402. The molecule has 17 heavy (non-hydrogen) atoms. The van der Waals surface area contributed by atoms with Crippen LogP contribution in [0.2, 0.25) is 0 Å². The maximum atomic E-state index is 13.0. The van der Waals surface area contributed by atoms with E-state index >= 15 is 0 Å². The predicted molar refractivity (Wildman–Crippen MR) is 56.5 cm³/mol. The number of benzene rings is 1. The maximum Gasteiger partial charge on any atom is 0.337 e. The van der Waals surface area contributed by atoms with Gasteiger partial charge in [0, 0.05) is 17.8 Å². The lowest BCUT2D eigenvalue weighted by molar-refractivity contribution is 0.0697. The van der Waals surface area contributed by atoms with E-state index in [9.17, 15) is 13.6 Å². The molecule has 0 aliphatic heterocycles. The second-order valence-electron chi connectivity index (χ2n) is 3.36. The van der Waals surface area contributed by atoms with Crippen molar-refractivity contribution in [2.45, 2.75) is 0 Å². The Kier molecular flexibility index (Phi) is 2.82. The monoisotopic (exact) mass is 235 g/mol. The molecular weight excluding hydrogens is 228 g/mol. The molecule has 1 N–H and O–H groups in total. The Hall–Kier alpha value is -2.30. The van der Waals surface area contributed by atoms with Crippen LogP contribution < -0.4 is 0 Å². The molecule has 1 aromatic carbocycles. The molecule has 0 atom stereocenters. The van der Waals surface area contributed by atoms with Gasteiger partial charge in [-0.15, -0.1) is 0 Å². The highest BCUT2D eigenvalue weighted by Crippen LogP contribution is 2.23. The fourth-order valence-corrected chi connectivity index (χ4v) is 1.50. The van der Waals surface area contributed by atoms with Crippen LogP contribution in [-0.2, 0) is 0 Å². The van der Waals surface area contributed by atoms with Crippen LogP contribution in [0, 0.1) is 11.6 Å². The molecular formula is C12H7F2NO2. The molecule has 1 heterocycles. The highest BCUT2D eigenvalue weighted by atomic mass is 19.1. The molecule has 0 amide bonds. The van der Waals surface area contributed by atoms with E-state index in [2.05, 4.69) is 4.98 Å². The third-order valence-electron chi connectivity index (χ3n) is 2.17. The zero-order valence-electron chi connectivity index (χ0n) is 8.52. The molecule has 2 aromatic rings. The van der Waals surface area contributed by atoms with Gasteiger partial charge in [-0.25, -0.2) is 13.6 Å². The third-order valence-corrected chi connectivity index (χ3v) is 2.17. The number of halogens is 2. The number of hydrogen-bond donors (Lipinski definition) is 1. The first-order chi connectivity index (χ1) is 8.08. The van der Waals surface area contributed by atoms with Crippen molar-refractivity contribution in [1.82, 2.24) is 4.98 Å². The number of carbonyl (C=O) groups is 1. The number of carboxylic acids is 1. The predicted octanol–water partition coefficient (Wildman–Crippen LogP) is 2.73. The minimum Gasteiger partial charge on any atom is -0.478 e. The standard InChI is InChI=1S/C12H7F2NO2/c13-8-4-7(5-9(14)6-8)11-10(12(16)17)2-1-3-15-11/h1-6H,(H,16,17). The SMILES string of the molecule is O=C(O)c1cccnc1-c1cc(F)cc(F)c1. The first kappa shape index (κ1) is 11.2. The van der Waals surface area contributed by atoms with Crippen molar-refractivity contribution in [2.75, 3.05) is 0 Å². The van der Waals surface area contributed by atoms with Gasteiger partial charge in [0.2, 0.25) is 0 Å². The van der Waals surface area contributed by atoms with Gasteiger partial charge in [-0.05, 0) is 24.3 Å². The summed E-state index contributed by atoms with van der Waals surface area (Å²) in [7, 11) is 0. The molecule has 0 saturated carbocycles. The van der Waals surface area contributed by atoms with E-state index in [0.717, 1.165) is 12.1 Å². The number of pyridine rings is 1. The van der Waals surface area contributed by atoms with Crippen LogP contribution in [0.15, 0.2) is 36.5 Å². The van der Waals surface area contributed by atoms with E-state index < -0.39 is 17.6 Å². The smallest absolute Gasteiger partial charge is 0.337 e. The highest BCUT2D eigenvalue weighted by molar-refractivity contribution is 5.94. The molecule has 0 aliphatic rings. The van der Waals surface area contributed by atoms with Gasteiger partial charge >= 0.3 is 5.97 Å². The summed E-state index contributed by atoms with van der Waals surface area (Å²) in [5.41, 5.74) is 0.0383. The highest BCUT2D eigenvalue weighted by Gasteiger charge is 2.13. The number of nitrogens with zero attached hydrogens (tertiary/aromatic N) is 1. The van der Waals surface area contributed by atoms with Crippen molar-refractivity contribution in [2.24, 2.45) is 0 Å². The molecule has 3 nitrogen and oxygen atoms in total. The van der Waals surface area contributed by atoms with Crippen molar-refractivity contribution in [3.8, 4) is 11.3 Å². The van der Waals surface area contributed by atoms with E-state index in [4.69, 9.17) is 5.11 Å². The van der Waals surface area contributed by atoms with E-state index in [-0.39, 0.29) is 16.8 Å². The van der Waals surface area contributed by atoms with Gasteiger partial charge in [0.05, 0.1) is 11.3 Å². The molecule has 1 aromatic heterocycles. The lowest BCUT2D eigenvalue weighted by Gasteiger charge is -2.05. The number of aromatic nitrogens is 1. The Labute approximate surface area is 95.4 Å². The van der Waals surface area contributed by atoms with E-state index in [1.807, 2.05) is 0 Å². The Morgan fingerprint density at radius 3 is 2.41 bits per heavy atom. The second-order valence-corrected chi connectivity index (χ2v) is 3.36. The van der Waals surface area contributed by atoms with Gasteiger partial charge in [0.1, 0.15) is 11.6 Å². The quantitative estimate of drug-likeness (QED) is 0.870. The number of rotatable bonds is 2. The van der Waals surface area contributed by atoms with Gasteiger partial charge in [-0.3, -0.25) is 4.98 Å². The van der Waals surface area contributed by atoms with E-state index in [1.54, 1.807) is 0 Å². The molecule has 0 saturated heterocycles. The Morgan fingerprint density at radius 1 is 1.18 bits per heavy atom. The summed E-state index contributed by atoms with van der Waals surface area (Å²) in [4.78, 5) is 14.8. The fourth-order valence-electron chi connectivity index (χ4n) is 1.50. The van der Waals surface area contributed by atoms with E-state index in [0.29, 0.717) is 6.07 Å². The molecule has 86 valence electrons. The average Bonchev–Trinajstić information content (AvgIpc) is 2.27. The largest absolute Gasteiger partial charge is 0.478 e. The second kappa shape index (κ2) is 4.29. The number of carboxylic acid groups (broad SMARTS) is 1. The number of aromatic carboxylic acids is 1. The summed E-state index contributed by atoms with van der Waals surface area (Å²) in [6.45, 7) is 0. The van der Waals surface area contributed by atoms with Crippen molar-refractivity contribution >= 4 is 5.97 Å². The van der Waals surface area contributed by atoms with Gasteiger partial charge < -0.3 is 5.11 Å². The van der Waals surface area contributed by atoms with Crippen LogP contribution >= 0.6 is 0 Å². The molecule has 0 aliphatic carbocycles. The normalized spacial score (nSPS) is 10.2. The van der Waals surface area contributed by atoms with Gasteiger partial charge in [0.15, 0.2) is 0 Å². The van der Waals surface area contributed by atoms with Crippen molar-refractivity contribution in [3.05, 3.63) is 53.7 Å². The molecule has 2 rings (SSSR count). The Morgan fingerprint density at radius 2 is 1.82 bits per heavy atom. The van der Waals surface area contributed by atoms with E-state index in [1.165, 1.54) is 18.3 Å². The number of hydrogen-bond acceptors (Lipinski definition) is 2. The van der Waals surface area contributed by atoms with Crippen LogP contribution in [-0.4, -0.2) is 16.1 Å². The zero-order valence-corrected chi connectivity index (χ0v) is 8.52. The molecule has 0 bridgehead atoms. The fraction of sp³-hybridized carbons (Fsp3) is 0. The van der Waals surface area contributed by atoms with Crippen LogP contribution in [0.3, 0.4) is 0 Å². The summed E-state index contributed by atoms with van der Waals surface area (Å²) in [5.74, 6) is -2.75. The molecule has 0 fully saturated rings. The third kappa shape index (κ3) is 2.28. The summed E-state index contributed by atoms with van der Waals surface area (Å²) in [6.07, 6.45) is 1.37. The molecule has 0 spiro atoms. The van der Waals surface area contributed by atoms with Crippen molar-refractivity contribution in [1.29, 1.82) is 0 Å². The molecule has 0 radical (unpaired) electrons. The van der Waals surface area contributed by atoms with Crippen LogP contribution in [0.5, 0.6) is 0 Å². The zero-order chi connectivity index (χ0) is 12.4. The summed E-state index contributed by atoms with van der Waals surface area (Å²) in [6, 6.07) is 5.57. The summed E-state index contributed by atoms with van der Waals surface area (Å²) in [5, 5.41) is 8.94. The Bertz CT molecular complexity index is 564. The van der Waals surface area contributed by atoms with Crippen molar-refractivity contribution in [3.63, 3.8) is 0 Å². The minimum atomic E-state index is -1.20. The Balaban J connectivity index is 2.64. The van der Waals surface area contributed by atoms with Gasteiger partial charge in [-0.2, -0.15) is 0 Å².